The zero-order chi connectivity index (χ0) is 20.4. The summed E-state index contributed by atoms with van der Waals surface area (Å²) in [7, 11) is 0. The Morgan fingerprint density at radius 2 is 1.76 bits per heavy atom. The van der Waals surface area contributed by atoms with Gasteiger partial charge in [-0.05, 0) is 43.0 Å². The average Bonchev–Trinajstić information content (AvgIpc) is 2.97. The maximum absolute atomic E-state index is 12.8. The van der Waals surface area contributed by atoms with Crippen LogP contribution in [0.1, 0.15) is 43.2 Å². The topological polar surface area (TPSA) is 42.4 Å². The Morgan fingerprint density at radius 1 is 1.07 bits per heavy atom. The second kappa shape index (κ2) is 8.05. The first-order chi connectivity index (χ1) is 13.9. The van der Waals surface area contributed by atoms with Crippen LogP contribution >= 0.6 is 0 Å². The number of carbonyl (C=O) groups excluding carboxylic acids is 1. The number of piperidine rings is 1. The normalized spacial score (nSPS) is 23.8. The van der Waals surface area contributed by atoms with E-state index < -0.39 is 11.7 Å². The molecule has 0 N–H and O–H groups in total. The molecule has 0 saturated carbocycles. The molecule has 0 spiro atoms. The van der Waals surface area contributed by atoms with E-state index in [-0.39, 0.29) is 24.1 Å². The summed E-state index contributed by atoms with van der Waals surface area (Å²) in [4.78, 5) is 19.0. The van der Waals surface area contributed by atoms with Crippen molar-refractivity contribution in [2.75, 3.05) is 0 Å². The molecule has 1 amide bonds. The van der Waals surface area contributed by atoms with Gasteiger partial charge in [-0.3, -0.25) is 4.79 Å². The van der Waals surface area contributed by atoms with Crippen LogP contribution in [-0.4, -0.2) is 34.0 Å². The second-order valence-corrected chi connectivity index (χ2v) is 7.76. The fraction of sp³-hybridized carbons (Fsp3) is 0.455. The van der Waals surface area contributed by atoms with Crippen LogP contribution in [-0.2, 0) is 17.4 Å². The lowest BCUT2D eigenvalue weighted by atomic mass is 9.98. The van der Waals surface area contributed by atoms with Crippen molar-refractivity contribution in [3.8, 4) is 5.88 Å². The van der Waals surface area contributed by atoms with Crippen molar-refractivity contribution in [3.63, 3.8) is 0 Å². The smallest absolute Gasteiger partial charge is 0.416 e. The standard InChI is InChI=1S/C22H23F3N2O2/c23-22(24,25)16-7-4-15(5-8-16)6-11-21(28)27-17-9-10-18(27)14-19(13-17)29-20-3-1-2-12-26-20/h1-5,7-8,12,17-19H,6,9-11,13-14H2. The van der Waals surface area contributed by atoms with Gasteiger partial charge in [0.05, 0.1) is 5.56 Å². The average molecular weight is 404 g/mol. The fourth-order valence-corrected chi connectivity index (χ4v) is 4.46. The number of hydrogen-bond donors (Lipinski definition) is 0. The van der Waals surface area contributed by atoms with Crippen LogP contribution in [0.3, 0.4) is 0 Å². The van der Waals surface area contributed by atoms with Gasteiger partial charge in [-0.15, -0.1) is 0 Å². The van der Waals surface area contributed by atoms with Crippen molar-refractivity contribution < 1.29 is 22.7 Å². The van der Waals surface area contributed by atoms with Gasteiger partial charge in [0.2, 0.25) is 11.8 Å². The molecular weight excluding hydrogens is 381 g/mol. The highest BCUT2D eigenvalue weighted by Crippen LogP contribution is 2.37. The van der Waals surface area contributed by atoms with Crippen LogP contribution in [0, 0.1) is 0 Å². The van der Waals surface area contributed by atoms with Gasteiger partial charge in [-0.2, -0.15) is 13.2 Å². The summed E-state index contributed by atoms with van der Waals surface area (Å²) >= 11 is 0. The first-order valence-corrected chi connectivity index (χ1v) is 9.95. The second-order valence-electron chi connectivity index (χ2n) is 7.76. The molecule has 2 saturated heterocycles. The maximum atomic E-state index is 12.8. The van der Waals surface area contributed by atoms with E-state index in [0.29, 0.717) is 18.7 Å². The molecule has 2 bridgehead atoms. The van der Waals surface area contributed by atoms with Crippen LogP contribution in [0.5, 0.6) is 5.88 Å². The minimum atomic E-state index is -4.34. The number of ether oxygens (including phenoxy) is 1. The lowest BCUT2D eigenvalue weighted by Gasteiger charge is -2.38. The molecule has 1 aromatic heterocycles. The molecule has 2 fully saturated rings. The number of fused-ring (bicyclic) bond motifs is 2. The molecule has 2 aliphatic rings. The van der Waals surface area contributed by atoms with E-state index in [9.17, 15) is 18.0 Å². The minimum Gasteiger partial charge on any atom is -0.474 e. The quantitative estimate of drug-likeness (QED) is 0.730. The van der Waals surface area contributed by atoms with Gasteiger partial charge < -0.3 is 9.64 Å². The van der Waals surface area contributed by atoms with E-state index >= 15 is 0 Å². The molecule has 1 aromatic carbocycles. The lowest BCUT2D eigenvalue weighted by molar-refractivity contribution is -0.138. The molecule has 3 heterocycles. The molecule has 2 atom stereocenters. The highest BCUT2D eigenvalue weighted by atomic mass is 19.4. The van der Waals surface area contributed by atoms with Gasteiger partial charge >= 0.3 is 6.18 Å². The Hall–Kier alpha value is -2.57. The van der Waals surface area contributed by atoms with E-state index in [4.69, 9.17) is 4.74 Å². The highest BCUT2D eigenvalue weighted by Gasteiger charge is 2.43. The molecule has 2 aromatic rings. The molecule has 2 aliphatic heterocycles. The Balaban J connectivity index is 1.32. The number of amides is 1. The maximum Gasteiger partial charge on any atom is 0.416 e. The predicted molar refractivity (Wildman–Crippen MR) is 101 cm³/mol. The van der Waals surface area contributed by atoms with Crippen molar-refractivity contribution in [3.05, 3.63) is 59.8 Å². The number of aryl methyl sites for hydroxylation is 1. The predicted octanol–water partition coefficient (Wildman–Crippen LogP) is 4.63. The number of alkyl halides is 3. The number of pyridine rings is 1. The monoisotopic (exact) mass is 404 g/mol. The SMILES string of the molecule is O=C(CCc1ccc(C(F)(F)F)cc1)N1C2CCC1CC(Oc1ccccn1)C2. The number of carbonyl (C=O) groups is 1. The van der Waals surface area contributed by atoms with E-state index in [1.54, 1.807) is 6.20 Å². The molecule has 29 heavy (non-hydrogen) atoms. The van der Waals surface area contributed by atoms with Gasteiger partial charge in [0, 0.05) is 43.6 Å². The Morgan fingerprint density at radius 3 is 2.34 bits per heavy atom. The molecule has 4 nitrogen and oxygen atoms in total. The zero-order valence-electron chi connectivity index (χ0n) is 15.9. The van der Waals surface area contributed by atoms with Crippen molar-refractivity contribution >= 4 is 5.91 Å². The van der Waals surface area contributed by atoms with E-state index in [0.717, 1.165) is 43.4 Å². The van der Waals surface area contributed by atoms with Crippen molar-refractivity contribution in [1.82, 2.24) is 9.88 Å². The first-order valence-electron chi connectivity index (χ1n) is 9.95. The molecule has 0 radical (unpaired) electrons. The largest absolute Gasteiger partial charge is 0.474 e. The molecule has 4 rings (SSSR count). The number of hydrogen-bond acceptors (Lipinski definition) is 3. The first kappa shape index (κ1) is 19.7. The summed E-state index contributed by atoms with van der Waals surface area (Å²) in [6.45, 7) is 0. The van der Waals surface area contributed by atoms with Crippen molar-refractivity contribution in [1.29, 1.82) is 0 Å². The van der Waals surface area contributed by atoms with E-state index in [1.807, 2.05) is 23.1 Å². The summed E-state index contributed by atoms with van der Waals surface area (Å²) in [6.07, 6.45) is 1.70. The zero-order valence-corrected chi connectivity index (χ0v) is 15.9. The van der Waals surface area contributed by atoms with Crippen molar-refractivity contribution in [2.45, 2.75) is 62.9 Å². The van der Waals surface area contributed by atoms with E-state index in [2.05, 4.69) is 4.98 Å². The van der Waals surface area contributed by atoms with Crippen LogP contribution in [0.15, 0.2) is 48.7 Å². The van der Waals surface area contributed by atoms with Crippen LogP contribution in [0.2, 0.25) is 0 Å². The molecule has 7 heteroatoms. The van der Waals surface area contributed by atoms with Gasteiger partial charge in [-0.1, -0.05) is 18.2 Å². The molecular formula is C22H23F3N2O2. The Labute approximate surface area is 167 Å². The highest BCUT2D eigenvalue weighted by molar-refractivity contribution is 5.77. The third-order valence-corrected chi connectivity index (χ3v) is 5.81. The summed E-state index contributed by atoms with van der Waals surface area (Å²) in [6, 6.07) is 11.0. The molecule has 154 valence electrons. The number of nitrogens with zero attached hydrogens (tertiary/aromatic N) is 2. The summed E-state index contributed by atoms with van der Waals surface area (Å²) in [5.41, 5.74) is 0.0765. The molecule has 2 unspecified atom stereocenters. The minimum absolute atomic E-state index is 0.0568. The summed E-state index contributed by atoms with van der Waals surface area (Å²) in [5.74, 6) is 0.688. The van der Waals surface area contributed by atoms with Gasteiger partial charge in [0.15, 0.2) is 0 Å². The number of rotatable bonds is 5. The fourth-order valence-electron chi connectivity index (χ4n) is 4.46. The van der Waals surface area contributed by atoms with Crippen LogP contribution < -0.4 is 4.74 Å². The number of halogens is 3. The van der Waals surface area contributed by atoms with Gasteiger partial charge in [0.1, 0.15) is 6.10 Å². The van der Waals surface area contributed by atoms with Gasteiger partial charge in [-0.25, -0.2) is 4.98 Å². The van der Waals surface area contributed by atoms with E-state index in [1.165, 1.54) is 12.1 Å². The summed E-state index contributed by atoms with van der Waals surface area (Å²) < 4.78 is 44.0. The van der Waals surface area contributed by atoms with Crippen molar-refractivity contribution in [2.24, 2.45) is 0 Å². The number of aromatic nitrogens is 1. The summed E-state index contributed by atoms with van der Waals surface area (Å²) in [5, 5.41) is 0. The Kier molecular flexibility index (Phi) is 5.48. The third-order valence-electron chi connectivity index (χ3n) is 5.81. The third kappa shape index (κ3) is 4.54. The van der Waals surface area contributed by atoms with Crippen LogP contribution in [0.4, 0.5) is 13.2 Å². The van der Waals surface area contributed by atoms with Gasteiger partial charge in [0.25, 0.3) is 0 Å². The Bertz CT molecular complexity index is 825. The number of benzene rings is 1. The lowest BCUT2D eigenvalue weighted by Crippen LogP contribution is -2.49. The molecule has 0 aliphatic carbocycles. The van der Waals surface area contributed by atoms with Crippen LogP contribution in [0.25, 0.3) is 0 Å².